The number of oxazole rings is 1. The van der Waals surface area contributed by atoms with Gasteiger partial charge in [0.25, 0.3) is 11.8 Å². The molecule has 2 aliphatic heterocycles. The molecular formula is C33H44FN3O6S. The maximum absolute atomic E-state index is 14.4. The van der Waals surface area contributed by atoms with Crippen molar-refractivity contribution in [3.05, 3.63) is 59.1 Å². The number of aromatic nitrogens is 1. The van der Waals surface area contributed by atoms with Gasteiger partial charge in [-0.2, -0.15) is 0 Å². The molecule has 1 aromatic heterocycles. The highest BCUT2D eigenvalue weighted by Crippen LogP contribution is 2.50. The number of carbonyl (C=O) groups is 2. The Morgan fingerprint density at radius 1 is 1.09 bits per heavy atom. The maximum Gasteiger partial charge on any atom is 0.273 e. The number of halogens is 1. The lowest BCUT2D eigenvalue weighted by Crippen LogP contribution is -2.30. The average Bonchev–Trinajstić information content (AvgIpc) is 3.74. The van der Waals surface area contributed by atoms with E-state index in [1.54, 1.807) is 13.0 Å². The van der Waals surface area contributed by atoms with E-state index in [0.29, 0.717) is 36.4 Å². The Balaban J connectivity index is 1.21. The van der Waals surface area contributed by atoms with Crippen molar-refractivity contribution in [3.63, 3.8) is 0 Å². The van der Waals surface area contributed by atoms with E-state index in [2.05, 4.69) is 10.3 Å². The van der Waals surface area contributed by atoms with Crippen LogP contribution in [0.4, 0.5) is 4.39 Å². The molecule has 11 heteroatoms. The van der Waals surface area contributed by atoms with Gasteiger partial charge in [-0.05, 0) is 67.4 Å². The van der Waals surface area contributed by atoms with Crippen LogP contribution in [0.2, 0.25) is 0 Å². The van der Waals surface area contributed by atoms with Gasteiger partial charge < -0.3 is 14.5 Å². The maximum atomic E-state index is 14.4. The molecule has 5 rings (SSSR count). The van der Waals surface area contributed by atoms with Crippen molar-refractivity contribution in [2.45, 2.75) is 102 Å². The molecule has 2 bridgehead atoms. The van der Waals surface area contributed by atoms with Crippen LogP contribution in [-0.4, -0.2) is 49.7 Å². The Kier molecular flexibility index (Phi) is 10.9. The predicted octanol–water partition coefficient (Wildman–Crippen LogP) is 5.67. The number of unbranched alkanes of at least 4 members (excludes halogenated alkanes) is 1. The SMILES string of the molecule is CCCS(=O)(=O)NC(=O)/C=C/c1ccc(F)cc1C[C@@H]1C(c2nc(C(=O)NCCCCC3CCCCC3)co2)C2CC[C@H]1O2. The van der Waals surface area contributed by atoms with E-state index < -0.39 is 21.7 Å². The summed E-state index contributed by atoms with van der Waals surface area (Å²) in [7, 11) is -3.70. The molecule has 1 saturated carbocycles. The number of fused-ring (bicyclic) bond motifs is 2. The standard InChI is InChI=1S/C33H44FN3O6S/c1-2-18-44(40,41)37-30(38)16-12-23-11-13-25(34)19-24(23)20-26-28-14-15-29(43-28)31(26)33-36-27(21-42-33)32(39)35-17-7-6-10-22-8-4-3-5-9-22/h11-13,16,19,21-22,26,28-29,31H,2-10,14-15,17-18,20H2,1H3,(H,35,39)(H,37,38)/b16-12+/t26-,28+,29?,31?/m0/s1. The minimum Gasteiger partial charge on any atom is -0.448 e. The van der Waals surface area contributed by atoms with E-state index in [1.807, 2.05) is 4.72 Å². The molecule has 3 fully saturated rings. The van der Waals surface area contributed by atoms with E-state index in [9.17, 15) is 22.4 Å². The number of amides is 2. The average molecular weight is 630 g/mol. The first-order valence-corrected chi connectivity index (χ1v) is 17.8. The molecule has 2 unspecified atom stereocenters. The fraction of sp³-hybridized carbons (Fsp3) is 0.606. The number of nitrogens with one attached hydrogen (secondary N) is 2. The van der Waals surface area contributed by atoms with E-state index in [0.717, 1.165) is 37.7 Å². The fourth-order valence-corrected chi connectivity index (χ4v) is 8.10. The minimum absolute atomic E-state index is 0.0686. The molecule has 3 heterocycles. The molecule has 1 aliphatic carbocycles. The fourth-order valence-electron chi connectivity index (χ4n) is 7.09. The van der Waals surface area contributed by atoms with Gasteiger partial charge in [0.1, 0.15) is 12.1 Å². The largest absolute Gasteiger partial charge is 0.448 e. The van der Waals surface area contributed by atoms with Crippen molar-refractivity contribution in [2.75, 3.05) is 12.3 Å². The van der Waals surface area contributed by atoms with Crippen molar-refractivity contribution in [2.24, 2.45) is 11.8 Å². The Bertz CT molecular complexity index is 1430. The molecular weight excluding hydrogens is 585 g/mol. The number of hydrogen-bond acceptors (Lipinski definition) is 7. The second-order valence-corrected chi connectivity index (χ2v) is 14.3. The summed E-state index contributed by atoms with van der Waals surface area (Å²) in [5, 5.41) is 2.97. The van der Waals surface area contributed by atoms with Crippen LogP contribution >= 0.6 is 0 Å². The number of sulfonamides is 1. The Labute approximate surface area is 259 Å². The first-order chi connectivity index (χ1) is 21.2. The van der Waals surface area contributed by atoms with Crippen LogP contribution in [0.25, 0.3) is 6.08 Å². The van der Waals surface area contributed by atoms with Crippen LogP contribution in [0, 0.1) is 17.7 Å². The molecule has 44 heavy (non-hydrogen) atoms. The first kappa shape index (κ1) is 32.3. The van der Waals surface area contributed by atoms with Gasteiger partial charge in [0, 0.05) is 18.5 Å². The summed E-state index contributed by atoms with van der Waals surface area (Å²) in [6, 6.07) is 4.30. The minimum atomic E-state index is -3.70. The van der Waals surface area contributed by atoms with Crippen molar-refractivity contribution < 1.29 is 31.6 Å². The number of benzene rings is 1. The number of hydrogen-bond donors (Lipinski definition) is 2. The zero-order valence-electron chi connectivity index (χ0n) is 25.4. The van der Waals surface area contributed by atoms with Crippen molar-refractivity contribution in [1.82, 2.24) is 15.0 Å². The molecule has 1 aromatic carbocycles. The number of carbonyl (C=O) groups excluding carboxylic acids is 2. The van der Waals surface area contributed by atoms with Gasteiger partial charge in [-0.1, -0.05) is 57.9 Å². The lowest BCUT2D eigenvalue weighted by atomic mass is 9.75. The molecule has 2 aromatic rings. The van der Waals surface area contributed by atoms with E-state index in [-0.39, 0.29) is 41.4 Å². The molecule has 0 spiro atoms. The highest BCUT2D eigenvalue weighted by molar-refractivity contribution is 7.90. The Hall–Kier alpha value is -3.05. The normalized spacial score (nSPS) is 23.8. The smallest absolute Gasteiger partial charge is 0.273 e. The van der Waals surface area contributed by atoms with Crippen molar-refractivity contribution in [3.8, 4) is 0 Å². The van der Waals surface area contributed by atoms with Crippen LogP contribution < -0.4 is 10.0 Å². The van der Waals surface area contributed by atoms with Crippen molar-refractivity contribution in [1.29, 1.82) is 0 Å². The number of nitrogens with zero attached hydrogens (tertiary/aromatic N) is 1. The van der Waals surface area contributed by atoms with Crippen LogP contribution in [0.3, 0.4) is 0 Å². The lowest BCUT2D eigenvalue weighted by molar-refractivity contribution is -0.114. The summed E-state index contributed by atoms with van der Waals surface area (Å²) in [4.78, 5) is 29.7. The highest BCUT2D eigenvalue weighted by Gasteiger charge is 2.51. The molecule has 2 N–H and O–H groups in total. The third-order valence-corrected chi connectivity index (χ3v) is 10.7. The molecule has 2 amide bonds. The second-order valence-electron chi connectivity index (χ2n) is 12.5. The third kappa shape index (κ3) is 8.35. The lowest BCUT2D eigenvalue weighted by Gasteiger charge is -2.26. The Morgan fingerprint density at radius 2 is 1.89 bits per heavy atom. The topological polar surface area (TPSA) is 128 Å². The van der Waals surface area contributed by atoms with Gasteiger partial charge >= 0.3 is 0 Å². The molecule has 2 saturated heterocycles. The number of rotatable bonds is 14. The van der Waals surface area contributed by atoms with Crippen LogP contribution in [0.15, 0.2) is 35.0 Å². The quantitative estimate of drug-likeness (QED) is 0.204. The molecule has 4 atom stereocenters. The molecule has 3 aliphatic rings. The summed E-state index contributed by atoms with van der Waals surface area (Å²) in [5.41, 5.74) is 1.51. The predicted molar refractivity (Wildman–Crippen MR) is 165 cm³/mol. The van der Waals surface area contributed by atoms with E-state index >= 15 is 0 Å². The zero-order valence-corrected chi connectivity index (χ0v) is 26.2. The summed E-state index contributed by atoms with van der Waals surface area (Å²) < 4.78 is 52.4. The van der Waals surface area contributed by atoms with Gasteiger partial charge in [0.2, 0.25) is 15.9 Å². The van der Waals surface area contributed by atoms with Gasteiger partial charge in [0.15, 0.2) is 5.69 Å². The third-order valence-electron chi connectivity index (χ3n) is 9.22. The zero-order chi connectivity index (χ0) is 31.1. The van der Waals surface area contributed by atoms with Gasteiger partial charge in [-0.25, -0.2) is 22.5 Å². The van der Waals surface area contributed by atoms with Gasteiger partial charge in [0.05, 0.1) is 23.9 Å². The summed E-state index contributed by atoms with van der Waals surface area (Å²) in [6.07, 6.45) is 16.4. The summed E-state index contributed by atoms with van der Waals surface area (Å²) in [6.45, 7) is 2.32. The van der Waals surface area contributed by atoms with E-state index in [1.165, 1.54) is 63.0 Å². The summed E-state index contributed by atoms with van der Waals surface area (Å²) >= 11 is 0. The number of ether oxygens (including phenoxy) is 1. The summed E-state index contributed by atoms with van der Waals surface area (Å²) in [5.74, 6) is -0.572. The van der Waals surface area contributed by atoms with Gasteiger partial charge in [-0.3, -0.25) is 9.59 Å². The molecule has 0 radical (unpaired) electrons. The van der Waals surface area contributed by atoms with Crippen LogP contribution in [-0.2, 0) is 26.0 Å². The van der Waals surface area contributed by atoms with Crippen LogP contribution in [0.1, 0.15) is 111 Å². The van der Waals surface area contributed by atoms with Crippen molar-refractivity contribution >= 4 is 27.9 Å². The highest BCUT2D eigenvalue weighted by atomic mass is 32.2. The Morgan fingerprint density at radius 3 is 2.68 bits per heavy atom. The monoisotopic (exact) mass is 629 g/mol. The van der Waals surface area contributed by atoms with Crippen LogP contribution in [0.5, 0.6) is 0 Å². The van der Waals surface area contributed by atoms with E-state index in [4.69, 9.17) is 9.15 Å². The van der Waals surface area contributed by atoms with Gasteiger partial charge in [-0.15, -0.1) is 0 Å². The second kappa shape index (κ2) is 14.8. The first-order valence-electron chi connectivity index (χ1n) is 16.1. The molecule has 9 nitrogen and oxygen atoms in total. The molecule has 240 valence electrons.